The Bertz CT molecular complexity index is 5740. The number of cyclic esters (lactones) is 1. The number of Topliss-reactive ketones (excluding diaryl/α,β-unsaturated/α-hetero) is 3. The van der Waals surface area contributed by atoms with Gasteiger partial charge in [-0.25, -0.2) is 28.6 Å². The van der Waals surface area contributed by atoms with E-state index in [1.165, 1.54) is 6.07 Å². The van der Waals surface area contributed by atoms with Crippen LogP contribution in [0.1, 0.15) is 229 Å². The summed E-state index contributed by atoms with van der Waals surface area (Å²) < 4.78 is 58.7. The van der Waals surface area contributed by atoms with Crippen LogP contribution in [0.3, 0.4) is 0 Å². The minimum absolute atomic E-state index is 0.00494. The van der Waals surface area contributed by atoms with E-state index in [0.717, 1.165) is 116 Å². The number of ketones is 3. The summed E-state index contributed by atoms with van der Waals surface area (Å²) in [5.41, 5.74) is 13.9. The maximum atomic E-state index is 15.6. The van der Waals surface area contributed by atoms with Gasteiger partial charge in [0.2, 0.25) is 11.8 Å². The van der Waals surface area contributed by atoms with Gasteiger partial charge in [-0.05, 0) is 172 Å². The second-order valence-electron chi connectivity index (χ2n) is 36.2. The first-order chi connectivity index (χ1) is 62.0. The molecule has 5 aliphatic carbocycles. The summed E-state index contributed by atoms with van der Waals surface area (Å²) in [6, 6.07) is 48.1. The number of anilines is 2. The molecule has 26 heteroatoms. The molecule has 6 atom stereocenters. The van der Waals surface area contributed by atoms with Crippen LogP contribution in [-0.4, -0.2) is 123 Å². The number of halogens is 1. The number of aliphatic carboxylic acids is 1. The Morgan fingerprint density at radius 1 is 0.574 bits per heavy atom. The lowest BCUT2D eigenvalue weighted by molar-refractivity contribution is -0.258. The molecule has 4 heterocycles. The third-order valence-electron chi connectivity index (χ3n) is 26.8. The number of aliphatic hydroxyl groups is 1. The molecular weight excluding hydrogens is 1640 g/mol. The Labute approximate surface area is 749 Å². The molecule has 0 radical (unpaired) electrons. The summed E-state index contributed by atoms with van der Waals surface area (Å²) in [7, 11) is 0. The number of ether oxygens (including phenoxy) is 7. The standard InChI is InChI=1S/C64H67FN4O11.C39H46N2O8/c1-6-64(76)50-28-53-58-47(30-69(53)60(73)49(50)34-77-61(64)74)55-39(20-23-42-37(5)51(65)29-52(67-58)56(42)55)27-41(70)32-80-63(24-12-7-13-25-63)79-31-38-18-21-40(22-19-38)66-59(72)36(4)26-54(71)57(35(2)3)68-62(75)78-33-48-45-16-10-8-14-43(45)44-15-9-11-17-46(44)48;1-25(2)36(41-38(46)47-23-33-31-13-7-5-11-29(31)30-12-6-8-14-32(30)33)34(42)21-26(3)37(45)40-28-17-15-27(16-18-28)22-48-39(49-24-35(43)44)19-9-4-10-20-39/h8-11,14-19,21-22,28-29,35-36,39,48,57,76H,6-7,12-13,20,23-27,30-34H2,1-5H3,(H,66,72)(H,68,75);5-8,11-18,25-26,33,36H,4,9-10,19-24H2,1-3H3,(H,40,45)(H,41,46)(H,43,44)/t36-,39-,57+,64+;26-,36+/m11/s1. The Hall–Kier alpha value is -11.9. The number of carboxylic acids is 1. The number of benzene rings is 7. The largest absolute Gasteiger partial charge is 0.480 e. The fraction of sp³-hybridized carbons (Fsp3) is 0.427. The highest BCUT2D eigenvalue weighted by Crippen LogP contribution is 2.50. The third kappa shape index (κ3) is 20.0. The van der Waals surface area contributed by atoms with Crippen LogP contribution >= 0.6 is 0 Å². The van der Waals surface area contributed by atoms with Gasteiger partial charge in [0.05, 0.1) is 54.3 Å². The lowest BCUT2D eigenvalue weighted by Gasteiger charge is -2.37. The smallest absolute Gasteiger partial charge is 0.407 e. The van der Waals surface area contributed by atoms with E-state index in [1.807, 2.05) is 125 Å². The molecule has 129 heavy (non-hydrogen) atoms. The fourth-order valence-corrected chi connectivity index (χ4v) is 19.6. The van der Waals surface area contributed by atoms with Gasteiger partial charge in [-0.1, -0.05) is 183 Å². The van der Waals surface area contributed by atoms with Crippen LogP contribution in [0.2, 0.25) is 0 Å². The summed E-state index contributed by atoms with van der Waals surface area (Å²) >= 11 is 0. The molecule has 2 aromatic heterocycles. The number of amides is 4. The van der Waals surface area contributed by atoms with E-state index >= 15 is 4.39 Å². The van der Waals surface area contributed by atoms with Gasteiger partial charge in [-0.3, -0.25) is 28.8 Å². The van der Waals surface area contributed by atoms with Crippen LogP contribution in [0, 0.1) is 36.4 Å². The Balaban J connectivity index is 0.000000223. The number of carbonyl (C=O) groups is 9. The predicted molar refractivity (Wildman–Crippen MR) is 482 cm³/mol. The highest BCUT2D eigenvalue weighted by Gasteiger charge is 2.47. The molecule has 0 bridgehead atoms. The zero-order chi connectivity index (χ0) is 91.2. The molecule has 4 amide bonds. The molecule has 0 unspecified atom stereocenters. The Kier molecular flexibility index (Phi) is 28.2. The van der Waals surface area contributed by atoms with Gasteiger partial charge >= 0.3 is 24.1 Å². The van der Waals surface area contributed by atoms with Crippen LogP contribution in [0.25, 0.3) is 44.5 Å². The Morgan fingerprint density at radius 2 is 1.02 bits per heavy atom. The molecule has 2 saturated carbocycles. The molecule has 6 N–H and O–H groups in total. The second kappa shape index (κ2) is 39.6. The monoisotopic (exact) mass is 1760 g/mol. The van der Waals surface area contributed by atoms with E-state index in [9.17, 15) is 53.1 Å². The maximum Gasteiger partial charge on any atom is 0.407 e. The van der Waals surface area contributed by atoms with E-state index in [0.29, 0.717) is 72.4 Å². The molecule has 2 aliphatic heterocycles. The van der Waals surface area contributed by atoms with Crippen molar-refractivity contribution in [2.24, 2.45) is 23.7 Å². The zero-order valence-corrected chi connectivity index (χ0v) is 74.3. The number of alkyl carbamates (subject to hydrolysis) is 2. The average molecular weight is 1760 g/mol. The number of nitrogens with one attached hydrogen (secondary N) is 4. The van der Waals surface area contributed by atoms with Gasteiger partial charge in [-0.2, -0.15) is 0 Å². The van der Waals surface area contributed by atoms with Gasteiger partial charge in [0.25, 0.3) is 5.56 Å². The number of esters is 1. The van der Waals surface area contributed by atoms with Crippen LogP contribution in [-0.2, 0) is 105 Å². The van der Waals surface area contributed by atoms with Crippen LogP contribution in [0.15, 0.2) is 163 Å². The molecule has 2 fully saturated rings. The summed E-state index contributed by atoms with van der Waals surface area (Å²) in [5, 5.41) is 32.6. The van der Waals surface area contributed by atoms with Crippen molar-refractivity contribution < 1.29 is 90.9 Å². The van der Waals surface area contributed by atoms with E-state index < -0.39 is 83.2 Å². The SMILES string of the molecule is CC(C)[C@H](NC(=O)OCC1c2ccccc2-c2ccccc21)C(=O)C[C@@H](C)C(=O)Nc1ccc(COC2(OCC(=O)O)CCCCC2)cc1.CC[C@@]1(O)C(=O)OCc2c1cc1n(c2=O)Cc2c-1nc1cc(F)c(C)c3c1c2[C@@H](CC(=O)COC1(OCc2ccc(NC(=O)[C@H](C)CC(=O)[C@@H](NC(=O)OCC4c5ccccc5-c5ccccc54)C(C)C)cc2)CCCCC1)CC3. The molecule has 0 spiro atoms. The third-order valence-corrected chi connectivity index (χ3v) is 26.8. The number of nitrogens with zero attached hydrogens (tertiary/aromatic N) is 2. The molecule has 7 aromatic carbocycles. The second-order valence-corrected chi connectivity index (χ2v) is 36.2. The molecule has 676 valence electrons. The van der Waals surface area contributed by atoms with Crippen molar-refractivity contribution in [3.05, 3.63) is 241 Å². The van der Waals surface area contributed by atoms with Crippen LogP contribution < -0.4 is 26.8 Å². The molecule has 7 aliphatic rings. The minimum atomic E-state index is -2.01. The van der Waals surface area contributed by atoms with Gasteiger partial charge in [0, 0.05) is 103 Å². The molecule has 0 saturated heterocycles. The van der Waals surface area contributed by atoms with Crippen molar-refractivity contribution in [1.29, 1.82) is 0 Å². The summed E-state index contributed by atoms with van der Waals surface area (Å²) in [6.07, 6.45) is 7.83. The van der Waals surface area contributed by atoms with Gasteiger partial charge < -0.3 is 69.2 Å². The molecule has 16 rings (SSSR count). The van der Waals surface area contributed by atoms with Gasteiger partial charge in [0.15, 0.2) is 34.5 Å². The summed E-state index contributed by atoms with van der Waals surface area (Å²) in [4.78, 5) is 137. The predicted octanol–water partition coefficient (Wildman–Crippen LogP) is 17.6. The number of pyridine rings is 2. The topological polar surface area (TPSA) is 342 Å². The molecule has 25 nitrogen and oxygen atoms in total. The van der Waals surface area contributed by atoms with E-state index in [1.54, 1.807) is 62.6 Å². The maximum absolute atomic E-state index is 15.6. The van der Waals surface area contributed by atoms with Gasteiger partial charge in [-0.15, -0.1) is 0 Å². The number of hydrogen-bond acceptors (Lipinski definition) is 19. The first-order valence-electron chi connectivity index (χ1n) is 45.2. The lowest BCUT2D eigenvalue weighted by atomic mass is 9.76. The summed E-state index contributed by atoms with van der Waals surface area (Å²) in [5.74, 6) is -7.76. The summed E-state index contributed by atoms with van der Waals surface area (Å²) in [6.45, 7) is 14.1. The van der Waals surface area contributed by atoms with Crippen molar-refractivity contribution in [1.82, 2.24) is 20.2 Å². The highest BCUT2D eigenvalue weighted by atomic mass is 19.1. The number of aryl methyl sites for hydroxylation is 1. The van der Waals surface area contributed by atoms with Crippen molar-refractivity contribution in [2.75, 3.05) is 37.1 Å². The molecule has 9 aromatic rings. The quantitative estimate of drug-likeness (QED) is 0.0126. The molecular formula is C103H113FN6O19. The normalized spacial score (nSPS) is 18.1. The highest BCUT2D eigenvalue weighted by molar-refractivity contribution is 5.99. The number of hydrogen-bond donors (Lipinski definition) is 6. The lowest BCUT2D eigenvalue weighted by Crippen LogP contribution is -2.45. The number of fused-ring (bicyclic) bond motifs is 11. The zero-order valence-electron chi connectivity index (χ0n) is 74.3. The number of aromatic nitrogens is 2. The minimum Gasteiger partial charge on any atom is -0.480 e. The van der Waals surface area contributed by atoms with Crippen molar-refractivity contribution >= 4 is 75.6 Å². The first-order valence-corrected chi connectivity index (χ1v) is 45.2. The van der Waals surface area contributed by atoms with Gasteiger partial charge in [0.1, 0.15) is 38.9 Å². The average Bonchev–Trinajstić information content (AvgIpc) is 1.57. The Morgan fingerprint density at radius 3 is 1.47 bits per heavy atom. The van der Waals surface area contributed by atoms with Crippen LogP contribution in [0.5, 0.6) is 0 Å². The van der Waals surface area contributed by atoms with Crippen molar-refractivity contribution in [3.63, 3.8) is 0 Å². The number of carboxylic acid groups (broad SMARTS) is 1. The number of carbonyl (C=O) groups excluding carboxylic acids is 8. The first kappa shape index (κ1) is 91.8. The number of rotatable bonds is 33. The fourth-order valence-electron chi connectivity index (χ4n) is 19.6. The van der Waals surface area contributed by atoms with Crippen LogP contribution in [0.4, 0.5) is 25.4 Å². The van der Waals surface area contributed by atoms with Crippen molar-refractivity contribution in [3.8, 4) is 33.6 Å². The van der Waals surface area contributed by atoms with E-state index in [-0.39, 0.29) is 142 Å². The van der Waals surface area contributed by atoms with Crippen molar-refractivity contribution in [2.45, 2.75) is 232 Å². The van der Waals surface area contributed by atoms with E-state index in [4.69, 9.17) is 43.2 Å². The van der Waals surface area contributed by atoms with E-state index in [2.05, 4.69) is 45.5 Å².